The van der Waals surface area contributed by atoms with Crippen LogP contribution in [0, 0.1) is 0 Å². The standard InChI is InChI=1S/C18H17N3O3S/c1-24-16-9-7-14(8-10-16)18-11-15(19-13-20-18)12-21-25(22,23)17-5-3-2-4-6-17/h2-11,13,21H,12H2,1H3. The van der Waals surface area contributed by atoms with Crippen LogP contribution in [-0.4, -0.2) is 25.5 Å². The normalized spacial score (nSPS) is 11.2. The molecule has 0 amide bonds. The number of ether oxygens (including phenoxy) is 1. The van der Waals surface area contributed by atoms with Crippen molar-refractivity contribution in [3.05, 3.63) is 72.7 Å². The fraction of sp³-hybridized carbons (Fsp3) is 0.111. The summed E-state index contributed by atoms with van der Waals surface area (Å²) in [6.45, 7) is 0.0862. The lowest BCUT2D eigenvalue weighted by Crippen LogP contribution is -2.23. The predicted octanol–water partition coefficient (Wildman–Crippen LogP) is 2.63. The van der Waals surface area contributed by atoms with Gasteiger partial charge in [0, 0.05) is 5.56 Å². The third kappa shape index (κ3) is 4.20. The van der Waals surface area contributed by atoms with Gasteiger partial charge in [0.1, 0.15) is 12.1 Å². The zero-order valence-electron chi connectivity index (χ0n) is 13.6. The molecule has 128 valence electrons. The first-order chi connectivity index (χ1) is 12.1. The van der Waals surface area contributed by atoms with Gasteiger partial charge < -0.3 is 4.74 Å². The summed E-state index contributed by atoms with van der Waals surface area (Å²) in [5, 5.41) is 0. The number of aromatic nitrogens is 2. The summed E-state index contributed by atoms with van der Waals surface area (Å²) in [5.74, 6) is 0.758. The molecule has 1 aromatic heterocycles. The molecule has 0 spiro atoms. The Labute approximate surface area is 146 Å². The molecular weight excluding hydrogens is 338 g/mol. The number of methoxy groups -OCH3 is 1. The summed E-state index contributed by atoms with van der Waals surface area (Å²) >= 11 is 0. The van der Waals surface area contributed by atoms with Gasteiger partial charge in [0.2, 0.25) is 10.0 Å². The lowest BCUT2D eigenvalue weighted by molar-refractivity contribution is 0.415. The molecule has 0 atom stereocenters. The Bertz CT molecular complexity index is 943. The second kappa shape index (κ2) is 7.42. The molecule has 0 fully saturated rings. The van der Waals surface area contributed by atoms with Gasteiger partial charge in [-0.15, -0.1) is 0 Å². The topological polar surface area (TPSA) is 81.2 Å². The summed E-state index contributed by atoms with van der Waals surface area (Å²) < 4.78 is 32.2. The van der Waals surface area contributed by atoms with E-state index in [1.165, 1.54) is 6.33 Å². The molecule has 0 radical (unpaired) electrons. The van der Waals surface area contributed by atoms with Crippen molar-refractivity contribution in [2.75, 3.05) is 7.11 Å². The van der Waals surface area contributed by atoms with E-state index in [0.29, 0.717) is 11.4 Å². The first kappa shape index (κ1) is 17.1. The van der Waals surface area contributed by atoms with Crippen LogP contribution in [0.3, 0.4) is 0 Å². The van der Waals surface area contributed by atoms with E-state index in [1.807, 2.05) is 24.3 Å². The Balaban J connectivity index is 1.76. The zero-order valence-corrected chi connectivity index (χ0v) is 14.4. The van der Waals surface area contributed by atoms with Crippen LogP contribution in [0.5, 0.6) is 5.75 Å². The van der Waals surface area contributed by atoms with Crippen molar-refractivity contribution in [1.82, 2.24) is 14.7 Å². The molecule has 0 aliphatic heterocycles. The van der Waals surface area contributed by atoms with E-state index >= 15 is 0 Å². The van der Waals surface area contributed by atoms with Gasteiger partial charge in [0.05, 0.1) is 29.9 Å². The smallest absolute Gasteiger partial charge is 0.240 e. The molecule has 3 rings (SSSR count). The number of hydrogen-bond acceptors (Lipinski definition) is 5. The van der Waals surface area contributed by atoms with E-state index in [4.69, 9.17) is 4.74 Å². The number of rotatable bonds is 6. The van der Waals surface area contributed by atoms with Gasteiger partial charge in [-0.2, -0.15) is 0 Å². The fourth-order valence-corrected chi connectivity index (χ4v) is 3.29. The third-order valence-corrected chi connectivity index (χ3v) is 5.02. The molecule has 25 heavy (non-hydrogen) atoms. The van der Waals surface area contributed by atoms with E-state index in [1.54, 1.807) is 43.5 Å². The molecule has 1 N–H and O–H groups in total. The molecule has 0 unspecified atom stereocenters. The largest absolute Gasteiger partial charge is 0.497 e. The number of benzene rings is 2. The fourth-order valence-electron chi connectivity index (χ4n) is 2.27. The number of sulfonamides is 1. The maximum Gasteiger partial charge on any atom is 0.240 e. The SMILES string of the molecule is COc1ccc(-c2cc(CNS(=O)(=O)c3ccccc3)ncn2)cc1. The number of nitrogens with one attached hydrogen (secondary N) is 1. The van der Waals surface area contributed by atoms with E-state index in [-0.39, 0.29) is 11.4 Å². The molecule has 6 nitrogen and oxygen atoms in total. The van der Waals surface area contributed by atoms with Crippen molar-refractivity contribution in [2.24, 2.45) is 0 Å². The molecular formula is C18H17N3O3S. The van der Waals surface area contributed by atoms with Crippen molar-refractivity contribution in [1.29, 1.82) is 0 Å². The highest BCUT2D eigenvalue weighted by atomic mass is 32.2. The monoisotopic (exact) mass is 355 g/mol. The Morgan fingerprint density at radius 1 is 1.00 bits per heavy atom. The molecule has 2 aromatic carbocycles. The molecule has 0 aliphatic rings. The first-order valence-corrected chi connectivity index (χ1v) is 9.07. The molecule has 0 saturated carbocycles. The highest BCUT2D eigenvalue weighted by molar-refractivity contribution is 7.89. The number of hydrogen-bond donors (Lipinski definition) is 1. The minimum atomic E-state index is -3.57. The lowest BCUT2D eigenvalue weighted by atomic mass is 10.1. The van der Waals surface area contributed by atoms with Crippen LogP contribution in [-0.2, 0) is 16.6 Å². The third-order valence-electron chi connectivity index (χ3n) is 3.61. The van der Waals surface area contributed by atoms with Gasteiger partial charge in [-0.25, -0.2) is 23.1 Å². The van der Waals surface area contributed by atoms with Gasteiger partial charge in [0.25, 0.3) is 0 Å². The van der Waals surface area contributed by atoms with E-state index < -0.39 is 10.0 Å². The summed E-state index contributed by atoms with van der Waals surface area (Å²) in [5.41, 5.74) is 2.20. The Morgan fingerprint density at radius 3 is 2.40 bits per heavy atom. The van der Waals surface area contributed by atoms with E-state index in [0.717, 1.165) is 11.3 Å². The van der Waals surface area contributed by atoms with Gasteiger partial charge in [0.15, 0.2) is 0 Å². The van der Waals surface area contributed by atoms with E-state index in [2.05, 4.69) is 14.7 Å². The average Bonchev–Trinajstić information content (AvgIpc) is 2.67. The highest BCUT2D eigenvalue weighted by Gasteiger charge is 2.13. The second-order valence-electron chi connectivity index (χ2n) is 5.26. The van der Waals surface area contributed by atoms with Crippen LogP contribution in [0.25, 0.3) is 11.3 Å². The van der Waals surface area contributed by atoms with Crippen LogP contribution in [0.1, 0.15) is 5.69 Å². The van der Waals surface area contributed by atoms with Gasteiger partial charge in [-0.05, 0) is 42.5 Å². The van der Waals surface area contributed by atoms with Crippen molar-refractivity contribution in [3.63, 3.8) is 0 Å². The van der Waals surface area contributed by atoms with Gasteiger partial charge in [-0.1, -0.05) is 18.2 Å². The quantitative estimate of drug-likeness (QED) is 0.735. The van der Waals surface area contributed by atoms with Crippen molar-refractivity contribution in [2.45, 2.75) is 11.4 Å². The summed E-state index contributed by atoms with van der Waals surface area (Å²) in [6, 6.07) is 17.4. The maximum atomic E-state index is 12.3. The summed E-state index contributed by atoms with van der Waals surface area (Å²) in [4.78, 5) is 8.59. The van der Waals surface area contributed by atoms with Gasteiger partial charge in [-0.3, -0.25) is 0 Å². The minimum absolute atomic E-state index is 0.0862. The van der Waals surface area contributed by atoms with Crippen molar-refractivity contribution >= 4 is 10.0 Å². The Kier molecular flexibility index (Phi) is 5.06. The molecule has 3 aromatic rings. The zero-order chi connectivity index (χ0) is 17.7. The summed E-state index contributed by atoms with van der Waals surface area (Å²) in [7, 11) is -1.96. The highest BCUT2D eigenvalue weighted by Crippen LogP contribution is 2.20. The van der Waals surface area contributed by atoms with Crippen LogP contribution >= 0.6 is 0 Å². The first-order valence-electron chi connectivity index (χ1n) is 7.58. The minimum Gasteiger partial charge on any atom is -0.497 e. The average molecular weight is 355 g/mol. The molecule has 7 heteroatoms. The molecule has 0 aliphatic carbocycles. The van der Waals surface area contributed by atoms with Crippen molar-refractivity contribution in [3.8, 4) is 17.0 Å². The van der Waals surface area contributed by atoms with E-state index in [9.17, 15) is 8.42 Å². The maximum absolute atomic E-state index is 12.3. The number of nitrogens with zero attached hydrogens (tertiary/aromatic N) is 2. The van der Waals surface area contributed by atoms with Crippen molar-refractivity contribution < 1.29 is 13.2 Å². The summed E-state index contributed by atoms with van der Waals surface area (Å²) in [6.07, 6.45) is 1.42. The van der Waals surface area contributed by atoms with Crippen LogP contribution in [0.2, 0.25) is 0 Å². The molecule has 0 saturated heterocycles. The van der Waals surface area contributed by atoms with Gasteiger partial charge >= 0.3 is 0 Å². The Morgan fingerprint density at radius 2 is 1.72 bits per heavy atom. The predicted molar refractivity (Wildman–Crippen MR) is 94.5 cm³/mol. The van der Waals surface area contributed by atoms with Crippen LogP contribution in [0.15, 0.2) is 71.9 Å². The lowest BCUT2D eigenvalue weighted by Gasteiger charge is -2.08. The van der Waals surface area contributed by atoms with Crippen LogP contribution in [0.4, 0.5) is 0 Å². The Hall–Kier alpha value is -2.77. The van der Waals surface area contributed by atoms with Crippen LogP contribution < -0.4 is 9.46 Å². The molecule has 1 heterocycles. The second-order valence-corrected chi connectivity index (χ2v) is 7.03. The molecule has 0 bridgehead atoms.